The Morgan fingerprint density at radius 1 is 1.04 bits per heavy atom. The second-order valence-corrected chi connectivity index (χ2v) is 6.90. The molecule has 1 aliphatic rings. The first-order chi connectivity index (χ1) is 12.1. The molecule has 0 aromatic heterocycles. The van der Waals surface area contributed by atoms with Crippen molar-refractivity contribution in [1.82, 2.24) is 4.90 Å². The van der Waals surface area contributed by atoms with E-state index in [0.717, 1.165) is 11.1 Å². The highest BCUT2D eigenvalue weighted by Gasteiger charge is 2.41. The van der Waals surface area contributed by atoms with Crippen LogP contribution >= 0.6 is 12.6 Å². The van der Waals surface area contributed by atoms with Crippen LogP contribution in [0.3, 0.4) is 0 Å². The summed E-state index contributed by atoms with van der Waals surface area (Å²) in [6.45, 7) is 0.442. The van der Waals surface area contributed by atoms with Gasteiger partial charge in [-0.15, -0.1) is 0 Å². The average Bonchev–Trinajstić information content (AvgIpc) is 3.05. The van der Waals surface area contributed by atoms with Gasteiger partial charge in [-0.25, -0.2) is 4.79 Å². The number of hydrogen-bond donors (Lipinski definition) is 1. The van der Waals surface area contributed by atoms with Gasteiger partial charge in [0.2, 0.25) is 5.91 Å². The van der Waals surface area contributed by atoms with E-state index >= 15 is 0 Å². The number of carbonyl (C=O) groups excluding carboxylic acids is 2. The van der Waals surface area contributed by atoms with Crippen molar-refractivity contribution in [3.63, 3.8) is 0 Å². The smallest absolute Gasteiger partial charge is 0.328 e. The molecule has 0 spiro atoms. The van der Waals surface area contributed by atoms with Crippen molar-refractivity contribution in [3.8, 4) is 0 Å². The Kier molecular flexibility index (Phi) is 5.43. The Bertz CT molecular complexity index is 696. The maximum absolute atomic E-state index is 13.4. The number of carbonyl (C=O) groups is 2. The molecular weight excluding hydrogens is 334 g/mol. The number of methoxy groups -OCH3 is 1. The fourth-order valence-electron chi connectivity index (χ4n) is 3.35. The van der Waals surface area contributed by atoms with Gasteiger partial charge in [0.15, 0.2) is 0 Å². The first-order valence-electron chi connectivity index (χ1n) is 8.28. The molecule has 1 aliphatic heterocycles. The Morgan fingerprint density at radius 3 is 2.04 bits per heavy atom. The number of benzene rings is 2. The monoisotopic (exact) mass is 355 g/mol. The lowest BCUT2D eigenvalue weighted by Gasteiger charge is -2.28. The van der Waals surface area contributed by atoms with Crippen LogP contribution in [-0.2, 0) is 14.3 Å². The Balaban J connectivity index is 1.98. The molecule has 0 saturated carbocycles. The van der Waals surface area contributed by atoms with Gasteiger partial charge in [0, 0.05) is 11.8 Å². The Labute approximate surface area is 153 Å². The van der Waals surface area contributed by atoms with Gasteiger partial charge in [0.05, 0.1) is 13.0 Å². The summed E-state index contributed by atoms with van der Waals surface area (Å²) in [5.41, 5.74) is 1.81. The molecule has 25 heavy (non-hydrogen) atoms. The second-order valence-electron chi connectivity index (χ2n) is 6.17. The number of rotatable bonds is 4. The molecule has 0 unspecified atom stereocenters. The predicted octanol–water partition coefficient (Wildman–Crippen LogP) is 2.89. The van der Waals surface area contributed by atoms with E-state index in [-0.39, 0.29) is 17.1 Å². The van der Waals surface area contributed by atoms with Crippen molar-refractivity contribution in [2.24, 2.45) is 0 Å². The van der Waals surface area contributed by atoms with Gasteiger partial charge >= 0.3 is 5.97 Å². The van der Waals surface area contributed by atoms with Crippen molar-refractivity contribution in [2.45, 2.75) is 23.6 Å². The highest BCUT2D eigenvalue weighted by atomic mass is 32.1. The summed E-state index contributed by atoms with van der Waals surface area (Å²) >= 11 is 4.48. The molecule has 1 fully saturated rings. The van der Waals surface area contributed by atoms with E-state index in [9.17, 15) is 9.59 Å². The molecule has 130 valence electrons. The third kappa shape index (κ3) is 3.71. The third-order valence-electron chi connectivity index (χ3n) is 4.55. The molecule has 4 nitrogen and oxygen atoms in total. The molecule has 0 N–H and O–H groups in total. The number of esters is 1. The number of likely N-dealkylation sites (tertiary alicyclic amines) is 1. The summed E-state index contributed by atoms with van der Waals surface area (Å²) in [6, 6.07) is 18.7. The van der Waals surface area contributed by atoms with Gasteiger partial charge in [-0.05, 0) is 17.5 Å². The molecule has 0 bridgehead atoms. The van der Waals surface area contributed by atoms with Gasteiger partial charge in [0.1, 0.15) is 6.04 Å². The number of thiol groups is 1. The minimum atomic E-state index is -0.574. The highest BCUT2D eigenvalue weighted by Crippen LogP contribution is 2.31. The molecular formula is C20H21NO3S. The van der Waals surface area contributed by atoms with Crippen LogP contribution in [0, 0.1) is 0 Å². The summed E-state index contributed by atoms with van der Waals surface area (Å²) in [6.07, 6.45) is 0.512. The zero-order chi connectivity index (χ0) is 17.8. The Morgan fingerprint density at radius 2 is 1.56 bits per heavy atom. The van der Waals surface area contributed by atoms with Gasteiger partial charge in [-0.2, -0.15) is 12.6 Å². The van der Waals surface area contributed by atoms with Crippen LogP contribution in [0.15, 0.2) is 60.7 Å². The van der Waals surface area contributed by atoms with E-state index in [2.05, 4.69) is 12.6 Å². The number of hydrogen-bond acceptors (Lipinski definition) is 4. The first kappa shape index (κ1) is 17.5. The van der Waals surface area contributed by atoms with E-state index < -0.39 is 12.0 Å². The van der Waals surface area contributed by atoms with E-state index in [1.807, 2.05) is 60.7 Å². The van der Waals surface area contributed by atoms with Crippen molar-refractivity contribution in [3.05, 3.63) is 71.8 Å². The molecule has 1 amide bonds. The Hall–Kier alpha value is -2.27. The lowest BCUT2D eigenvalue weighted by molar-refractivity contribution is -0.151. The van der Waals surface area contributed by atoms with Gasteiger partial charge in [-0.1, -0.05) is 60.7 Å². The van der Waals surface area contributed by atoms with Crippen LogP contribution in [0.25, 0.3) is 0 Å². The zero-order valence-electron chi connectivity index (χ0n) is 14.0. The normalized spacial score (nSPS) is 19.9. The standard InChI is InChI=1S/C20H21NO3S/c1-24-20(23)17-12-16(25)13-21(17)19(22)18(14-8-4-2-5-9-14)15-10-6-3-7-11-15/h2-11,16-18,25H,12-13H2,1H3/t16-,17-/m0/s1. The minimum Gasteiger partial charge on any atom is -0.467 e. The molecule has 2 aromatic carbocycles. The molecule has 0 radical (unpaired) electrons. The maximum Gasteiger partial charge on any atom is 0.328 e. The number of amides is 1. The van der Waals surface area contributed by atoms with Crippen molar-refractivity contribution in [1.29, 1.82) is 0 Å². The molecule has 2 atom stereocenters. The van der Waals surface area contributed by atoms with Gasteiger partial charge in [0.25, 0.3) is 0 Å². The van der Waals surface area contributed by atoms with Crippen molar-refractivity contribution >= 4 is 24.5 Å². The molecule has 1 heterocycles. The van der Waals surface area contributed by atoms with Crippen LogP contribution in [0.5, 0.6) is 0 Å². The maximum atomic E-state index is 13.4. The molecule has 3 rings (SSSR count). The quantitative estimate of drug-likeness (QED) is 0.678. The van der Waals surface area contributed by atoms with Crippen LogP contribution in [0.4, 0.5) is 0 Å². The van der Waals surface area contributed by atoms with Crippen molar-refractivity contribution in [2.75, 3.05) is 13.7 Å². The summed E-state index contributed by atoms with van der Waals surface area (Å²) < 4.78 is 4.89. The lowest BCUT2D eigenvalue weighted by Crippen LogP contribution is -2.43. The van der Waals surface area contributed by atoms with E-state index in [4.69, 9.17) is 4.74 Å². The highest BCUT2D eigenvalue weighted by molar-refractivity contribution is 7.81. The van der Waals surface area contributed by atoms with Crippen LogP contribution in [0.1, 0.15) is 23.5 Å². The topological polar surface area (TPSA) is 46.6 Å². The van der Waals surface area contributed by atoms with Gasteiger partial charge < -0.3 is 9.64 Å². The minimum absolute atomic E-state index is 0.0275. The van der Waals surface area contributed by atoms with Gasteiger partial charge in [-0.3, -0.25) is 4.79 Å². The summed E-state index contributed by atoms with van der Waals surface area (Å²) in [5.74, 6) is -0.928. The predicted molar refractivity (Wildman–Crippen MR) is 99.6 cm³/mol. The SMILES string of the molecule is COC(=O)[C@@H]1C[C@H](S)CN1C(=O)C(c1ccccc1)c1ccccc1. The molecule has 0 aliphatic carbocycles. The second kappa shape index (κ2) is 7.74. The average molecular weight is 355 g/mol. The van der Waals surface area contributed by atoms with Crippen LogP contribution in [-0.4, -0.2) is 41.7 Å². The fourth-order valence-corrected chi connectivity index (χ4v) is 3.73. The lowest BCUT2D eigenvalue weighted by atomic mass is 9.90. The van der Waals surface area contributed by atoms with Crippen LogP contribution < -0.4 is 0 Å². The molecule has 1 saturated heterocycles. The summed E-state index contributed by atoms with van der Waals surface area (Å²) in [4.78, 5) is 27.1. The van der Waals surface area contributed by atoms with E-state index in [0.29, 0.717) is 13.0 Å². The largest absolute Gasteiger partial charge is 0.467 e. The fraction of sp³-hybridized carbons (Fsp3) is 0.300. The first-order valence-corrected chi connectivity index (χ1v) is 8.79. The van der Waals surface area contributed by atoms with E-state index in [1.54, 1.807) is 4.90 Å². The zero-order valence-corrected chi connectivity index (χ0v) is 14.9. The molecule has 5 heteroatoms. The summed E-state index contributed by atoms with van der Waals surface area (Å²) in [7, 11) is 1.35. The van der Waals surface area contributed by atoms with E-state index in [1.165, 1.54) is 7.11 Å². The van der Waals surface area contributed by atoms with Crippen LogP contribution in [0.2, 0.25) is 0 Å². The third-order valence-corrected chi connectivity index (χ3v) is 4.92. The number of nitrogens with zero attached hydrogens (tertiary/aromatic N) is 1. The molecule has 2 aromatic rings. The summed E-state index contributed by atoms with van der Waals surface area (Å²) in [5, 5.41) is -0.0275. The number of ether oxygens (including phenoxy) is 1. The van der Waals surface area contributed by atoms with Crippen molar-refractivity contribution < 1.29 is 14.3 Å².